The lowest BCUT2D eigenvalue weighted by molar-refractivity contribution is -0.133. The first-order chi connectivity index (χ1) is 11.6. The molecule has 5 nitrogen and oxygen atoms in total. The topological polar surface area (TPSA) is 49.9 Å². The number of urea groups is 1. The summed E-state index contributed by atoms with van der Waals surface area (Å²) in [7, 11) is -1.19. The number of anilines is 1. The zero-order valence-corrected chi connectivity index (χ0v) is 18.3. The van der Waals surface area contributed by atoms with Crippen LogP contribution in [0.4, 0.5) is 10.5 Å². The van der Waals surface area contributed by atoms with Crippen LogP contribution in [0.25, 0.3) is 0 Å². The molecule has 1 aromatic rings. The number of rotatable bonds is 6. The van der Waals surface area contributed by atoms with Crippen molar-refractivity contribution in [1.29, 1.82) is 0 Å². The van der Waals surface area contributed by atoms with E-state index in [0.29, 0.717) is 19.6 Å². The molecule has 0 aromatic heterocycles. The molecule has 0 unspecified atom stereocenters. The standard InChI is InChI=1S/C18H27BrN2O3Si/c1-13-10-15(19)11-14(2)17(13)20-7-6-16(22)21(18(20)23)12-24-8-9-25(3,4)5/h10-11H,6-9,12H2,1-5H3. The minimum Gasteiger partial charge on any atom is -0.361 e. The van der Waals surface area contributed by atoms with Gasteiger partial charge in [0.1, 0.15) is 6.73 Å². The predicted molar refractivity (Wildman–Crippen MR) is 107 cm³/mol. The van der Waals surface area contributed by atoms with Crippen LogP contribution >= 0.6 is 15.9 Å². The minimum absolute atomic E-state index is 0.0350. The molecular weight excluding hydrogens is 400 g/mol. The second-order valence-corrected chi connectivity index (χ2v) is 14.3. The second-order valence-electron chi connectivity index (χ2n) is 7.74. The molecule has 0 aliphatic carbocycles. The van der Waals surface area contributed by atoms with E-state index in [4.69, 9.17) is 4.74 Å². The van der Waals surface area contributed by atoms with E-state index < -0.39 is 8.07 Å². The van der Waals surface area contributed by atoms with Crippen LogP contribution in [0.5, 0.6) is 0 Å². The van der Waals surface area contributed by atoms with Crippen molar-refractivity contribution < 1.29 is 14.3 Å². The number of benzene rings is 1. The Kier molecular flexibility index (Phi) is 6.45. The Balaban J connectivity index is 2.11. The van der Waals surface area contributed by atoms with Crippen LogP contribution in [0, 0.1) is 13.8 Å². The van der Waals surface area contributed by atoms with Crippen molar-refractivity contribution in [2.24, 2.45) is 0 Å². The highest BCUT2D eigenvalue weighted by atomic mass is 79.9. The minimum atomic E-state index is -1.19. The van der Waals surface area contributed by atoms with E-state index in [1.54, 1.807) is 4.90 Å². The SMILES string of the molecule is Cc1cc(Br)cc(C)c1N1CCC(=O)N(COCC[Si](C)(C)C)C1=O. The molecule has 1 saturated heterocycles. The van der Waals surface area contributed by atoms with Crippen LogP contribution in [0.2, 0.25) is 25.7 Å². The molecule has 0 spiro atoms. The fourth-order valence-corrected chi connectivity index (χ4v) is 4.33. The number of hydrogen-bond acceptors (Lipinski definition) is 3. The van der Waals surface area contributed by atoms with Gasteiger partial charge in [-0.15, -0.1) is 0 Å². The Morgan fingerprint density at radius 3 is 2.32 bits per heavy atom. The van der Waals surface area contributed by atoms with Crippen molar-refractivity contribution in [3.05, 3.63) is 27.7 Å². The highest BCUT2D eigenvalue weighted by Gasteiger charge is 2.34. The quantitative estimate of drug-likeness (QED) is 0.495. The first kappa shape index (κ1) is 20.1. The van der Waals surface area contributed by atoms with E-state index in [2.05, 4.69) is 35.6 Å². The molecule has 0 saturated carbocycles. The van der Waals surface area contributed by atoms with Crippen molar-refractivity contribution in [2.75, 3.05) is 24.8 Å². The summed E-state index contributed by atoms with van der Waals surface area (Å²) in [4.78, 5) is 28.0. The predicted octanol–water partition coefficient (Wildman–Crippen LogP) is 4.54. The Labute approximate surface area is 159 Å². The van der Waals surface area contributed by atoms with E-state index in [1.165, 1.54) is 4.90 Å². The van der Waals surface area contributed by atoms with Crippen molar-refractivity contribution in [1.82, 2.24) is 4.90 Å². The summed E-state index contributed by atoms with van der Waals surface area (Å²) in [5, 5.41) is 0. The number of nitrogens with zero attached hydrogens (tertiary/aromatic N) is 2. The van der Waals surface area contributed by atoms with Gasteiger partial charge in [0.2, 0.25) is 5.91 Å². The van der Waals surface area contributed by atoms with Crippen LogP contribution in [-0.2, 0) is 9.53 Å². The third kappa shape index (κ3) is 5.15. The molecular formula is C18H27BrN2O3Si. The number of halogens is 1. The van der Waals surface area contributed by atoms with Gasteiger partial charge in [-0.3, -0.25) is 9.69 Å². The van der Waals surface area contributed by atoms with Crippen LogP contribution in [0.1, 0.15) is 17.5 Å². The maximum Gasteiger partial charge on any atom is 0.333 e. The summed E-state index contributed by atoms with van der Waals surface area (Å²) >= 11 is 3.48. The first-order valence-corrected chi connectivity index (χ1v) is 13.1. The molecule has 0 bridgehead atoms. The van der Waals surface area contributed by atoms with Gasteiger partial charge in [0.25, 0.3) is 0 Å². The number of hydrogen-bond donors (Lipinski definition) is 0. The smallest absolute Gasteiger partial charge is 0.333 e. The van der Waals surface area contributed by atoms with Gasteiger partial charge in [0.15, 0.2) is 0 Å². The Morgan fingerprint density at radius 1 is 1.16 bits per heavy atom. The Morgan fingerprint density at radius 2 is 1.76 bits per heavy atom. The Hall–Kier alpha value is -1.18. The summed E-state index contributed by atoms with van der Waals surface area (Å²) in [6, 6.07) is 4.69. The summed E-state index contributed by atoms with van der Waals surface area (Å²) in [6.07, 6.45) is 0.318. The lowest BCUT2D eigenvalue weighted by Crippen LogP contribution is -2.53. The van der Waals surface area contributed by atoms with Crippen molar-refractivity contribution in [3.8, 4) is 0 Å². The second kappa shape index (κ2) is 8.01. The molecule has 1 aromatic carbocycles. The number of aryl methyl sites for hydroxylation is 2. The van der Waals surface area contributed by atoms with Crippen molar-refractivity contribution in [2.45, 2.75) is 46.0 Å². The summed E-state index contributed by atoms with van der Waals surface area (Å²) < 4.78 is 6.62. The molecule has 25 heavy (non-hydrogen) atoms. The van der Waals surface area contributed by atoms with E-state index in [-0.39, 0.29) is 18.7 Å². The van der Waals surface area contributed by atoms with Crippen LogP contribution in [0.15, 0.2) is 16.6 Å². The van der Waals surface area contributed by atoms with Gasteiger partial charge in [0, 0.05) is 32.1 Å². The van der Waals surface area contributed by atoms with Gasteiger partial charge in [-0.25, -0.2) is 9.69 Å². The van der Waals surface area contributed by atoms with Crippen LogP contribution < -0.4 is 4.90 Å². The fraction of sp³-hybridized carbons (Fsp3) is 0.556. The molecule has 7 heteroatoms. The normalized spacial score (nSPS) is 15.9. The highest BCUT2D eigenvalue weighted by Crippen LogP contribution is 2.31. The molecule has 138 valence electrons. The number of ether oxygens (including phenoxy) is 1. The molecule has 1 heterocycles. The van der Waals surface area contributed by atoms with E-state index in [9.17, 15) is 9.59 Å². The van der Waals surface area contributed by atoms with Crippen LogP contribution in [0.3, 0.4) is 0 Å². The number of carbonyl (C=O) groups is 2. The maximum atomic E-state index is 12.9. The molecule has 0 atom stereocenters. The average Bonchev–Trinajstić information content (AvgIpc) is 2.46. The van der Waals surface area contributed by atoms with Gasteiger partial charge < -0.3 is 4.74 Å². The van der Waals surface area contributed by atoms with Gasteiger partial charge in [-0.1, -0.05) is 35.6 Å². The van der Waals surface area contributed by atoms with Gasteiger partial charge >= 0.3 is 6.03 Å². The Bertz CT molecular complexity index is 650. The molecule has 0 N–H and O–H groups in total. The van der Waals surface area contributed by atoms with Crippen molar-refractivity contribution in [3.63, 3.8) is 0 Å². The monoisotopic (exact) mass is 426 g/mol. The fourth-order valence-electron chi connectivity index (χ4n) is 2.89. The lowest BCUT2D eigenvalue weighted by atomic mass is 10.1. The molecule has 2 rings (SSSR count). The molecule has 3 amide bonds. The van der Waals surface area contributed by atoms with E-state index in [0.717, 1.165) is 27.3 Å². The van der Waals surface area contributed by atoms with Gasteiger partial charge in [0.05, 0.1) is 5.69 Å². The van der Waals surface area contributed by atoms with Gasteiger partial charge in [-0.05, 0) is 43.2 Å². The zero-order valence-electron chi connectivity index (χ0n) is 15.7. The largest absolute Gasteiger partial charge is 0.361 e. The number of carbonyl (C=O) groups excluding carboxylic acids is 2. The zero-order chi connectivity index (χ0) is 18.8. The highest BCUT2D eigenvalue weighted by molar-refractivity contribution is 9.10. The molecule has 1 aliphatic heterocycles. The summed E-state index contributed by atoms with van der Waals surface area (Å²) in [6.45, 7) is 11.8. The molecule has 1 aliphatic rings. The average molecular weight is 427 g/mol. The number of imide groups is 1. The summed E-state index contributed by atoms with van der Waals surface area (Å²) in [5.74, 6) is -0.165. The number of amides is 3. The third-order valence-corrected chi connectivity index (χ3v) is 6.42. The summed E-state index contributed by atoms with van der Waals surface area (Å²) in [5.41, 5.74) is 2.90. The third-order valence-electron chi connectivity index (χ3n) is 4.25. The van der Waals surface area contributed by atoms with Crippen molar-refractivity contribution >= 4 is 41.6 Å². The first-order valence-electron chi connectivity index (χ1n) is 8.56. The van der Waals surface area contributed by atoms with Crippen LogP contribution in [-0.4, -0.2) is 44.8 Å². The maximum absolute atomic E-state index is 12.9. The molecule has 0 radical (unpaired) electrons. The molecule has 1 fully saturated rings. The van der Waals surface area contributed by atoms with E-state index >= 15 is 0 Å². The van der Waals surface area contributed by atoms with Gasteiger partial charge in [-0.2, -0.15) is 0 Å². The lowest BCUT2D eigenvalue weighted by Gasteiger charge is -2.35. The van der Waals surface area contributed by atoms with E-state index in [1.807, 2.05) is 26.0 Å².